The molecule has 0 unspecified atom stereocenters. The predicted octanol–water partition coefficient (Wildman–Crippen LogP) is 3.22. The zero-order chi connectivity index (χ0) is 20.4. The molecule has 0 aliphatic carbocycles. The lowest BCUT2D eigenvalue weighted by atomic mass is 10.1. The van der Waals surface area contributed by atoms with Gasteiger partial charge in [-0.2, -0.15) is 0 Å². The van der Waals surface area contributed by atoms with Crippen LogP contribution in [-0.2, 0) is 9.53 Å². The number of ether oxygens (including phenoxy) is 3. The number of hydrogen-bond donors (Lipinski definition) is 2. The molecule has 2 N–H and O–H groups in total. The molecular weight excluding hydrogens is 374 g/mol. The van der Waals surface area contributed by atoms with Gasteiger partial charge in [0.2, 0.25) is 6.79 Å². The van der Waals surface area contributed by atoms with Crippen molar-refractivity contribution in [2.24, 2.45) is 0 Å². The number of H-pyrrole nitrogens is 1. The number of rotatable bonds is 5. The Morgan fingerprint density at radius 1 is 1.10 bits per heavy atom. The number of nitrogens with one attached hydrogen (secondary N) is 2. The first-order valence-corrected chi connectivity index (χ1v) is 9.00. The van der Waals surface area contributed by atoms with Crippen LogP contribution in [0.15, 0.2) is 42.5 Å². The topological polar surface area (TPSA) is 103 Å². The highest BCUT2D eigenvalue weighted by molar-refractivity contribution is 5.95. The van der Waals surface area contributed by atoms with Gasteiger partial charge in [-0.25, -0.2) is 9.78 Å². The number of amides is 1. The van der Waals surface area contributed by atoms with Gasteiger partial charge in [0, 0.05) is 23.0 Å². The summed E-state index contributed by atoms with van der Waals surface area (Å²) in [5.41, 5.74) is 3.67. The number of aryl methyl sites for hydroxylation is 2. The van der Waals surface area contributed by atoms with Crippen LogP contribution in [0.1, 0.15) is 21.7 Å². The molecule has 0 saturated heterocycles. The Kier molecular flexibility index (Phi) is 4.90. The Morgan fingerprint density at radius 3 is 2.59 bits per heavy atom. The van der Waals surface area contributed by atoms with Crippen LogP contribution in [0, 0.1) is 13.8 Å². The maximum absolute atomic E-state index is 12.2. The fraction of sp³-hybridized carbons (Fsp3) is 0.190. The van der Waals surface area contributed by atoms with Gasteiger partial charge in [-0.3, -0.25) is 4.79 Å². The Morgan fingerprint density at radius 2 is 1.86 bits per heavy atom. The number of fused-ring (bicyclic) bond motifs is 1. The molecule has 3 aromatic rings. The zero-order valence-electron chi connectivity index (χ0n) is 15.9. The van der Waals surface area contributed by atoms with E-state index in [0.29, 0.717) is 22.7 Å². The SMILES string of the molecule is Cc1nc(-c2ccc(C(=O)OCC(=O)Nc3ccc4c(c3)OCO4)cc2)[nH]c1C. The zero-order valence-corrected chi connectivity index (χ0v) is 15.9. The minimum Gasteiger partial charge on any atom is -0.454 e. The molecule has 4 rings (SSSR count). The standard InChI is InChI=1S/C21H19N3O5/c1-12-13(2)23-20(22-12)14-3-5-15(6-4-14)21(26)27-10-19(25)24-16-7-8-17-18(9-16)29-11-28-17/h3-9H,10-11H2,1-2H3,(H,22,23)(H,24,25). The molecule has 0 saturated carbocycles. The van der Waals surface area contributed by atoms with Crippen LogP contribution in [0.3, 0.4) is 0 Å². The number of imidazole rings is 1. The summed E-state index contributed by atoms with van der Waals surface area (Å²) in [7, 11) is 0. The van der Waals surface area contributed by atoms with Gasteiger partial charge in [-0.05, 0) is 38.1 Å². The molecule has 0 bridgehead atoms. The van der Waals surface area contributed by atoms with E-state index in [2.05, 4.69) is 15.3 Å². The van der Waals surface area contributed by atoms with Crippen molar-refractivity contribution < 1.29 is 23.8 Å². The molecule has 1 aliphatic heterocycles. The highest BCUT2D eigenvalue weighted by Gasteiger charge is 2.15. The van der Waals surface area contributed by atoms with Crippen molar-refractivity contribution in [3.8, 4) is 22.9 Å². The number of carbonyl (C=O) groups is 2. The second-order valence-electron chi connectivity index (χ2n) is 6.57. The number of aromatic nitrogens is 2. The second kappa shape index (κ2) is 7.67. The summed E-state index contributed by atoms with van der Waals surface area (Å²) < 4.78 is 15.6. The largest absolute Gasteiger partial charge is 0.454 e. The van der Waals surface area contributed by atoms with Crippen LogP contribution in [0.5, 0.6) is 11.5 Å². The summed E-state index contributed by atoms with van der Waals surface area (Å²) in [4.78, 5) is 31.9. The maximum Gasteiger partial charge on any atom is 0.338 e. The van der Waals surface area contributed by atoms with Crippen molar-refractivity contribution in [3.05, 3.63) is 59.4 Å². The van der Waals surface area contributed by atoms with Crippen molar-refractivity contribution in [1.29, 1.82) is 0 Å². The number of hydrogen-bond acceptors (Lipinski definition) is 6. The average Bonchev–Trinajstić information content (AvgIpc) is 3.32. The van der Waals surface area contributed by atoms with Crippen molar-refractivity contribution >= 4 is 17.6 Å². The number of carbonyl (C=O) groups excluding carboxylic acids is 2. The Bertz CT molecular complexity index is 1050. The van der Waals surface area contributed by atoms with E-state index in [1.165, 1.54) is 0 Å². The Labute approximate surface area is 166 Å². The number of anilines is 1. The normalized spacial score (nSPS) is 11.9. The smallest absolute Gasteiger partial charge is 0.338 e. The lowest BCUT2D eigenvalue weighted by molar-refractivity contribution is -0.119. The van der Waals surface area contributed by atoms with Gasteiger partial charge in [0.05, 0.1) is 11.3 Å². The average molecular weight is 393 g/mol. The Balaban J connectivity index is 1.32. The Hall–Kier alpha value is -3.81. The van der Waals surface area contributed by atoms with Crippen molar-refractivity contribution in [3.63, 3.8) is 0 Å². The minimum absolute atomic E-state index is 0.155. The minimum atomic E-state index is -0.579. The van der Waals surface area contributed by atoms with Crippen molar-refractivity contribution in [1.82, 2.24) is 9.97 Å². The third-order valence-electron chi connectivity index (χ3n) is 4.51. The molecule has 148 valence electrons. The van der Waals surface area contributed by atoms with Gasteiger partial charge in [0.15, 0.2) is 18.1 Å². The van der Waals surface area contributed by atoms with Gasteiger partial charge in [-0.1, -0.05) is 12.1 Å². The summed E-state index contributed by atoms with van der Waals surface area (Å²) in [6, 6.07) is 11.9. The molecule has 2 aromatic carbocycles. The first-order valence-electron chi connectivity index (χ1n) is 9.00. The summed E-state index contributed by atoms with van der Waals surface area (Å²) in [5, 5.41) is 2.65. The van der Waals surface area contributed by atoms with Gasteiger partial charge in [-0.15, -0.1) is 0 Å². The fourth-order valence-electron chi connectivity index (χ4n) is 2.83. The van der Waals surface area contributed by atoms with E-state index in [0.717, 1.165) is 22.8 Å². The molecule has 29 heavy (non-hydrogen) atoms. The van der Waals surface area contributed by atoms with Crippen molar-refractivity contribution in [2.75, 3.05) is 18.7 Å². The highest BCUT2D eigenvalue weighted by atomic mass is 16.7. The molecule has 1 aromatic heterocycles. The number of nitrogens with zero attached hydrogens (tertiary/aromatic N) is 1. The van der Waals surface area contributed by atoms with Crippen LogP contribution >= 0.6 is 0 Å². The van der Waals surface area contributed by atoms with Crippen LogP contribution in [0.4, 0.5) is 5.69 Å². The molecular formula is C21H19N3O5. The van der Waals surface area contributed by atoms with Gasteiger partial charge in [0.25, 0.3) is 5.91 Å². The van der Waals surface area contributed by atoms with Crippen molar-refractivity contribution in [2.45, 2.75) is 13.8 Å². The molecule has 0 atom stereocenters. The molecule has 1 aliphatic rings. The first kappa shape index (κ1) is 18.5. The fourth-order valence-corrected chi connectivity index (χ4v) is 2.83. The van der Waals surface area contributed by atoms with Gasteiger partial charge in [0.1, 0.15) is 5.82 Å². The molecule has 0 fully saturated rings. The van der Waals surface area contributed by atoms with E-state index >= 15 is 0 Å². The van der Waals surface area contributed by atoms with Crippen LogP contribution in [0.2, 0.25) is 0 Å². The van der Waals surface area contributed by atoms with Gasteiger partial charge >= 0.3 is 5.97 Å². The van der Waals surface area contributed by atoms with E-state index in [1.807, 2.05) is 13.8 Å². The van der Waals surface area contributed by atoms with Crippen LogP contribution in [-0.4, -0.2) is 35.2 Å². The third-order valence-corrected chi connectivity index (χ3v) is 4.51. The molecule has 2 heterocycles. The lowest BCUT2D eigenvalue weighted by Gasteiger charge is -2.07. The monoisotopic (exact) mass is 393 g/mol. The van der Waals surface area contributed by atoms with E-state index in [-0.39, 0.29) is 6.79 Å². The summed E-state index contributed by atoms with van der Waals surface area (Å²) in [5.74, 6) is 0.891. The van der Waals surface area contributed by atoms with Gasteiger partial charge < -0.3 is 24.5 Å². The molecule has 8 nitrogen and oxygen atoms in total. The molecule has 1 amide bonds. The summed E-state index contributed by atoms with van der Waals surface area (Å²) >= 11 is 0. The van der Waals surface area contributed by atoms with Crippen LogP contribution < -0.4 is 14.8 Å². The van der Waals surface area contributed by atoms with E-state index in [1.54, 1.807) is 42.5 Å². The quantitative estimate of drug-likeness (QED) is 0.645. The number of benzene rings is 2. The summed E-state index contributed by atoms with van der Waals surface area (Å²) in [6.07, 6.45) is 0. The predicted molar refractivity (Wildman–Crippen MR) is 105 cm³/mol. The van der Waals surface area contributed by atoms with E-state index < -0.39 is 18.5 Å². The maximum atomic E-state index is 12.2. The molecule has 0 radical (unpaired) electrons. The highest BCUT2D eigenvalue weighted by Crippen LogP contribution is 2.34. The molecule has 8 heteroatoms. The number of aromatic amines is 1. The van der Waals surface area contributed by atoms with E-state index in [9.17, 15) is 9.59 Å². The second-order valence-corrected chi connectivity index (χ2v) is 6.57. The third kappa shape index (κ3) is 4.06. The van der Waals surface area contributed by atoms with E-state index in [4.69, 9.17) is 14.2 Å². The van der Waals surface area contributed by atoms with Crippen LogP contribution in [0.25, 0.3) is 11.4 Å². The number of esters is 1. The lowest BCUT2D eigenvalue weighted by Crippen LogP contribution is -2.20. The first-order chi connectivity index (χ1) is 14.0. The summed E-state index contributed by atoms with van der Waals surface area (Å²) in [6.45, 7) is 3.63. The molecule has 0 spiro atoms.